The fraction of sp³-hybridized carbons (Fsp3) is 0.333. The van der Waals surface area contributed by atoms with Crippen molar-refractivity contribution in [2.24, 2.45) is 4.40 Å². The zero-order valence-electron chi connectivity index (χ0n) is 18.2. The Kier molecular flexibility index (Phi) is 6.43. The van der Waals surface area contributed by atoms with E-state index in [0.717, 1.165) is 18.7 Å². The molecule has 0 saturated carbocycles. The SMILES string of the molecule is CC(C)S(=O)(=O)N=C1C=CC(COc2coc(CN3Cc4ccccc4C3)cc2=O)=CC1. The normalized spacial score (nSPS) is 17.6. The van der Waals surface area contributed by atoms with Gasteiger partial charge in [-0.25, -0.2) is 8.42 Å². The van der Waals surface area contributed by atoms with E-state index in [0.29, 0.717) is 24.4 Å². The summed E-state index contributed by atoms with van der Waals surface area (Å²) < 4.78 is 38.9. The Morgan fingerprint density at radius 2 is 1.88 bits per heavy atom. The first kappa shape index (κ1) is 22.2. The van der Waals surface area contributed by atoms with Crippen LogP contribution in [0.3, 0.4) is 0 Å². The topological polar surface area (TPSA) is 89.2 Å². The number of sulfonamides is 1. The summed E-state index contributed by atoms with van der Waals surface area (Å²) in [4.78, 5) is 14.7. The molecule has 0 fully saturated rings. The van der Waals surface area contributed by atoms with Gasteiger partial charge in [0.25, 0.3) is 10.0 Å². The molecule has 0 unspecified atom stereocenters. The maximum Gasteiger partial charge on any atom is 0.255 e. The zero-order valence-corrected chi connectivity index (χ0v) is 19.0. The van der Waals surface area contributed by atoms with E-state index >= 15 is 0 Å². The molecule has 1 aromatic heterocycles. The number of benzene rings is 1. The van der Waals surface area contributed by atoms with Crippen molar-refractivity contribution in [2.45, 2.75) is 45.2 Å². The highest BCUT2D eigenvalue weighted by molar-refractivity contribution is 7.90. The molecule has 4 rings (SSSR count). The largest absolute Gasteiger partial charge is 0.482 e. The first-order valence-corrected chi connectivity index (χ1v) is 12.0. The number of fused-ring (bicyclic) bond motifs is 1. The van der Waals surface area contributed by atoms with Gasteiger partial charge in [0.15, 0.2) is 0 Å². The predicted molar refractivity (Wildman–Crippen MR) is 123 cm³/mol. The quantitative estimate of drug-likeness (QED) is 0.635. The van der Waals surface area contributed by atoms with Crippen LogP contribution in [0.2, 0.25) is 0 Å². The molecular formula is C24H26N2O5S. The van der Waals surface area contributed by atoms with Crippen LogP contribution in [-0.2, 0) is 29.7 Å². The molecule has 1 aliphatic carbocycles. The maximum atomic E-state index is 12.5. The van der Waals surface area contributed by atoms with Crippen LogP contribution in [0, 0.1) is 0 Å². The summed E-state index contributed by atoms with van der Waals surface area (Å²) in [6.07, 6.45) is 7.01. The van der Waals surface area contributed by atoms with Gasteiger partial charge >= 0.3 is 0 Å². The molecule has 0 bridgehead atoms. The van der Waals surface area contributed by atoms with E-state index in [4.69, 9.17) is 9.15 Å². The van der Waals surface area contributed by atoms with Crippen molar-refractivity contribution in [1.82, 2.24) is 4.90 Å². The van der Waals surface area contributed by atoms with Gasteiger partial charge in [-0.15, -0.1) is 0 Å². The van der Waals surface area contributed by atoms with E-state index in [-0.39, 0.29) is 17.8 Å². The van der Waals surface area contributed by atoms with Gasteiger partial charge in [-0.05, 0) is 36.6 Å². The molecule has 168 valence electrons. The molecule has 1 aliphatic heterocycles. The van der Waals surface area contributed by atoms with E-state index in [1.54, 1.807) is 26.0 Å². The molecule has 0 spiro atoms. The second-order valence-electron chi connectivity index (χ2n) is 8.24. The smallest absolute Gasteiger partial charge is 0.255 e. The summed E-state index contributed by atoms with van der Waals surface area (Å²) >= 11 is 0. The number of nitrogens with zero attached hydrogens (tertiary/aromatic N) is 2. The molecular weight excluding hydrogens is 428 g/mol. The van der Waals surface area contributed by atoms with Gasteiger partial charge < -0.3 is 9.15 Å². The second kappa shape index (κ2) is 9.26. The molecule has 0 N–H and O–H groups in total. The Morgan fingerprint density at radius 1 is 1.16 bits per heavy atom. The van der Waals surface area contributed by atoms with Gasteiger partial charge in [0.1, 0.15) is 18.6 Å². The lowest BCUT2D eigenvalue weighted by Crippen LogP contribution is -2.17. The van der Waals surface area contributed by atoms with E-state index in [1.165, 1.54) is 23.5 Å². The van der Waals surface area contributed by atoms with E-state index in [2.05, 4.69) is 21.4 Å². The third kappa shape index (κ3) is 5.26. The molecule has 0 radical (unpaired) electrons. The minimum atomic E-state index is -3.49. The number of hydrogen-bond donors (Lipinski definition) is 0. The first-order valence-electron chi connectivity index (χ1n) is 10.5. The zero-order chi connectivity index (χ0) is 22.7. The molecule has 2 heterocycles. The fourth-order valence-corrected chi connectivity index (χ4v) is 4.22. The van der Waals surface area contributed by atoms with Crippen molar-refractivity contribution < 1.29 is 17.6 Å². The van der Waals surface area contributed by atoms with Gasteiger partial charge in [0.05, 0.1) is 17.5 Å². The first-order chi connectivity index (χ1) is 15.3. The Labute approximate surface area is 187 Å². The lowest BCUT2D eigenvalue weighted by molar-refractivity contribution is 0.244. The van der Waals surface area contributed by atoms with E-state index < -0.39 is 15.3 Å². The third-order valence-electron chi connectivity index (χ3n) is 5.44. The molecule has 1 aromatic carbocycles. The molecule has 32 heavy (non-hydrogen) atoms. The Morgan fingerprint density at radius 3 is 2.47 bits per heavy atom. The van der Waals surface area contributed by atoms with Crippen molar-refractivity contribution >= 4 is 15.7 Å². The average Bonchev–Trinajstić information content (AvgIpc) is 3.16. The van der Waals surface area contributed by atoms with Crippen LogP contribution in [-0.4, -0.2) is 30.9 Å². The molecule has 2 aliphatic rings. The van der Waals surface area contributed by atoms with Crippen LogP contribution < -0.4 is 10.2 Å². The predicted octanol–water partition coefficient (Wildman–Crippen LogP) is 3.60. The minimum Gasteiger partial charge on any atom is -0.482 e. The summed E-state index contributed by atoms with van der Waals surface area (Å²) in [6, 6.07) is 9.79. The van der Waals surface area contributed by atoms with Crippen molar-refractivity contribution in [1.29, 1.82) is 0 Å². The Bertz CT molecular complexity index is 1230. The van der Waals surface area contributed by atoms with Gasteiger partial charge in [0, 0.05) is 25.6 Å². The molecule has 0 amide bonds. The van der Waals surface area contributed by atoms with Crippen molar-refractivity contribution in [3.05, 3.63) is 87.5 Å². The number of rotatable bonds is 7. The van der Waals surface area contributed by atoms with Crippen molar-refractivity contribution in [3.63, 3.8) is 0 Å². The molecule has 0 saturated heterocycles. The Hall–Kier alpha value is -2.97. The van der Waals surface area contributed by atoms with Gasteiger partial charge in [-0.3, -0.25) is 9.69 Å². The van der Waals surface area contributed by atoms with Crippen LogP contribution in [0.5, 0.6) is 5.75 Å². The van der Waals surface area contributed by atoms with Gasteiger partial charge in [-0.1, -0.05) is 36.4 Å². The molecule has 7 nitrogen and oxygen atoms in total. The van der Waals surface area contributed by atoms with Crippen LogP contribution in [0.15, 0.2) is 74.0 Å². The second-order valence-corrected chi connectivity index (χ2v) is 10.4. The lowest BCUT2D eigenvalue weighted by atomic mass is 10.1. The molecule has 2 aromatic rings. The third-order valence-corrected chi connectivity index (χ3v) is 7.12. The van der Waals surface area contributed by atoms with Gasteiger partial charge in [0.2, 0.25) is 11.2 Å². The van der Waals surface area contributed by atoms with Crippen molar-refractivity contribution in [3.8, 4) is 5.75 Å². The highest BCUT2D eigenvalue weighted by atomic mass is 32.2. The highest BCUT2D eigenvalue weighted by Crippen LogP contribution is 2.24. The summed E-state index contributed by atoms with van der Waals surface area (Å²) in [5.74, 6) is 0.744. The molecule has 0 atom stereocenters. The highest BCUT2D eigenvalue weighted by Gasteiger charge is 2.20. The fourth-order valence-electron chi connectivity index (χ4n) is 3.54. The summed E-state index contributed by atoms with van der Waals surface area (Å²) in [5, 5.41) is -0.555. The Balaban J connectivity index is 1.32. The average molecular weight is 455 g/mol. The van der Waals surface area contributed by atoms with Gasteiger partial charge in [-0.2, -0.15) is 4.40 Å². The van der Waals surface area contributed by atoms with Crippen LogP contribution in [0.4, 0.5) is 0 Å². The molecule has 8 heteroatoms. The summed E-state index contributed by atoms with van der Waals surface area (Å²) in [6.45, 7) is 5.61. The standard InChI is InChI=1S/C24H26N2O5S/c1-17(2)32(28,29)25-21-9-7-18(8-10-21)15-31-24-16-30-22(11-23(24)27)14-26-12-19-5-3-4-6-20(19)13-26/h3-9,11,16-17H,10,12-15H2,1-2H3. The van der Waals surface area contributed by atoms with Crippen LogP contribution >= 0.6 is 0 Å². The minimum absolute atomic E-state index is 0.148. The summed E-state index contributed by atoms with van der Waals surface area (Å²) in [7, 11) is -3.49. The monoisotopic (exact) mass is 454 g/mol. The van der Waals surface area contributed by atoms with Crippen molar-refractivity contribution in [2.75, 3.05) is 6.61 Å². The van der Waals surface area contributed by atoms with Crippen LogP contribution in [0.1, 0.15) is 37.2 Å². The lowest BCUT2D eigenvalue weighted by Gasteiger charge is -2.14. The van der Waals surface area contributed by atoms with Crippen LogP contribution in [0.25, 0.3) is 0 Å². The van der Waals surface area contributed by atoms with E-state index in [1.807, 2.05) is 18.2 Å². The number of hydrogen-bond acceptors (Lipinski definition) is 6. The number of ether oxygens (including phenoxy) is 1. The maximum absolute atomic E-state index is 12.5. The van der Waals surface area contributed by atoms with E-state index in [9.17, 15) is 13.2 Å². The number of allylic oxidation sites excluding steroid dienone is 2. The summed E-state index contributed by atoms with van der Waals surface area (Å²) in [5.41, 5.74) is 3.70.